The van der Waals surface area contributed by atoms with Gasteiger partial charge in [-0.15, -0.1) is 0 Å². The van der Waals surface area contributed by atoms with E-state index in [0.29, 0.717) is 18.1 Å². The zero-order valence-electron chi connectivity index (χ0n) is 15.8. The molecule has 2 aromatic heterocycles. The molecule has 6 nitrogen and oxygen atoms in total. The Hall–Kier alpha value is -3.38. The van der Waals surface area contributed by atoms with Crippen LogP contribution in [0.3, 0.4) is 0 Å². The molecule has 0 spiro atoms. The first-order valence-electron chi connectivity index (χ1n) is 8.98. The van der Waals surface area contributed by atoms with Gasteiger partial charge in [-0.05, 0) is 35.9 Å². The third kappa shape index (κ3) is 3.68. The van der Waals surface area contributed by atoms with Crippen molar-refractivity contribution < 1.29 is 13.9 Å². The van der Waals surface area contributed by atoms with Crippen LogP contribution in [0, 0.1) is 0 Å². The van der Waals surface area contributed by atoms with E-state index in [-0.39, 0.29) is 6.04 Å². The molecule has 0 saturated heterocycles. The maximum absolute atomic E-state index is 5.95. The van der Waals surface area contributed by atoms with Crippen LogP contribution in [0.2, 0.25) is 0 Å². The van der Waals surface area contributed by atoms with Gasteiger partial charge in [0.05, 0.1) is 25.1 Å². The molecule has 28 heavy (non-hydrogen) atoms. The molecule has 0 amide bonds. The normalized spacial score (nSPS) is 12.1. The van der Waals surface area contributed by atoms with Crippen molar-refractivity contribution in [1.29, 1.82) is 0 Å². The third-order valence-corrected chi connectivity index (χ3v) is 4.55. The van der Waals surface area contributed by atoms with Crippen molar-refractivity contribution in [2.75, 3.05) is 26.1 Å². The number of nitrogens with zero attached hydrogens (tertiary/aromatic N) is 2. The quantitative estimate of drug-likeness (QED) is 0.505. The minimum Gasteiger partial charge on any atom is -0.497 e. The topological polar surface area (TPSA) is 69.4 Å². The van der Waals surface area contributed by atoms with Crippen LogP contribution in [-0.4, -0.2) is 30.8 Å². The van der Waals surface area contributed by atoms with Crippen LogP contribution >= 0.6 is 0 Å². The van der Waals surface area contributed by atoms with Crippen molar-refractivity contribution in [3.8, 4) is 17.1 Å². The van der Waals surface area contributed by atoms with Gasteiger partial charge in [0.2, 0.25) is 5.71 Å². The first kappa shape index (κ1) is 18.0. The van der Waals surface area contributed by atoms with E-state index in [1.807, 2.05) is 48.5 Å². The minimum atomic E-state index is -0.0383. The Bertz CT molecular complexity index is 1050. The molecule has 1 atom stereocenters. The second-order valence-corrected chi connectivity index (χ2v) is 6.34. The minimum absolute atomic E-state index is 0.0383. The summed E-state index contributed by atoms with van der Waals surface area (Å²) in [7, 11) is 3.33. The fourth-order valence-electron chi connectivity index (χ4n) is 3.11. The van der Waals surface area contributed by atoms with Crippen LogP contribution in [0.1, 0.15) is 11.6 Å². The third-order valence-electron chi connectivity index (χ3n) is 4.55. The summed E-state index contributed by atoms with van der Waals surface area (Å²) in [6.07, 6.45) is 1.50. The number of nitrogens with one attached hydrogen (secondary N) is 1. The van der Waals surface area contributed by atoms with Gasteiger partial charge >= 0.3 is 0 Å². The van der Waals surface area contributed by atoms with E-state index in [1.165, 1.54) is 6.33 Å². The molecule has 1 N–H and O–H groups in total. The average molecular weight is 375 g/mol. The maximum Gasteiger partial charge on any atom is 0.231 e. The molecule has 142 valence electrons. The Morgan fingerprint density at radius 1 is 1.00 bits per heavy atom. The summed E-state index contributed by atoms with van der Waals surface area (Å²) in [4.78, 5) is 8.71. The first-order valence-corrected chi connectivity index (χ1v) is 8.98. The molecule has 0 aliphatic rings. The van der Waals surface area contributed by atoms with Crippen LogP contribution in [0.5, 0.6) is 5.75 Å². The van der Waals surface area contributed by atoms with Crippen molar-refractivity contribution in [3.05, 3.63) is 72.6 Å². The standard InChI is InChI=1S/C22H21N3O3/c1-26-13-19(15-6-4-3-5-7-15)25-21-18-12-20(28-22(18)24-14-23-21)16-8-10-17(27-2)11-9-16/h3-12,14,19H,13H2,1-2H3,(H,23,24,25)/t19-/m1/s1. The number of furan rings is 1. The van der Waals surface area contributed by atoms with E-state index in [1.54, 1.807) is 14.2 Å². The molecule has 4 aromatic rings. The van der Waals surface area contributed by atoms with E-state index in [4.69, 9.17) is 13.9 Å². The summed E-state index contributed by atoms with van der Waals surface area (Å²) in [5.74, 6) is 2.23. The Labute approximate surface area is 163 Å². The lowest BCUT2D eigenvalue weighted by molar-refractivity contribution is 0.186. The predicted molar refractivity (Wildman–Crippen MR) is 108 cm³/mol. The molecule has 4 rings (SSSR count). The Morgan fingerprint density at radius 3 is 2.50 bits per heavy atom. The molecule has 6 heteroatoms. The Balaban J connectivity index is 1.68. The number of methoxy groups -OCH3 is 2. The van der Waals surface area contributed by atoms with Gasteiger partial charge in [0, 0.05) is 12.7 Å². The van der Waals surface area contributed by atoms with Crippen molar-refractivity contribution in [3.63, 3.8) is 0 Å². The number of aromatic nitrogens is 2. The van der Waals surface area contributed by atoms with E-state index in [2.05, 4.69) is 27.4 Å². The van der Waals surface area contributed by atoms with Crippen LogP contribution in [0.4, 0.5) is 5.82 Å². The van der Waals surface area contributed by atoms with Gasteiger partial charge in [-0.3, -0.25) is 0 Å². The average Bonchev–Trinajstić information content (AvgIpc) is 3.19. The largest absolute Gasteiger partial charge is 0.497 e. The lowest BCUT2D eigenvalue weighted by atomic mass is 10.1. The monoisotopic (exact) mass is 375 g/mol. The van der Waals surface area contributed by atoms with Crippen LogP contribution in [0.15, 0.2) is 71.4 Å². The highest BCUT2D eigenvalue weighted by Gasteiger charge is 2.16. The van der Waals surface area contributed by atoms with E-state index in [9.17, 15) is 0 Å². The zero-order chi connectivity index (χ0) is 19.3. The smallest absolute Gasteiger partial charge is 0.231 e. The highest BCUT2D eigenvalue weighted by Crippen LogP contribution is 2.32. The number of hydrogen-bond donors (Lipinski definition) is 1. The highest BCUT2D eigenvalue weighted by atomic mass is 16.5. The van der Waals surface area contributed by atoms with Gasteiger partial charge in [0.25, 0.3) is 0 Å². The van der Waals surface area contributed by atoms with Gasteiger partial charge < -0.3 is 19.2 Å². The lowest BCUT2D eigenvalue weighted by Crippen LogP contribution is -2.17. The molecule has 0 aliphatic carbocycles. The fraction of sp³-hybridized carbons (Fsp3) is 0.182. The molecular weight excluding hydrogens is 354 g/mol. The molecular formula is C22H21N3O3. The SMILES string of the molecule is COC[C@@H](Nc1ncnc2oc(-c3ccc(OC)cc3)cc12)c1ccccc1. The van der Waals surface area contributed by atoms with Crippen molar-refractivity contribution in [2.45, 2.75) is 6.04 Å². The molecule has 2 aromatic carbocycles. The molecule has 0 fully saturated rings. The van der Waals surface area contributed by atoms with Crippen molar-refractivity contribution in [1.82, 2.24) is 9.97 Å². The summed E-state index contributed by atoms with van der Waals surface area (Å²) < 4.78 is 16.6. The van der Waals surface area contributed by atoms with E-state index >= 15 is 0 Å². The van der Waals surface area contributed by atoms with Crippen LogP contribution in [-0.2, 0) is 4.74 Å². The van der Waals surface area contributed by atoms with Gasteiger partial charge in [0.1, 0.15) is 23.7 Å². The van der Waals surface area contributed by atoms with Gasteiger partial charge in [0.15, 0.2) is 0 Å². The summed E-state index contributed by atoms with van der Waals surface area (Å²) in [5.41, 5.74) is 2.60. The van der Waals surface area contributed by atoms with Crippen molar-refractivity contribution in [2.24, 2.45) is 0 Å². The number of anilines is 1. The second kappa shape index (κ2) is 8.10. The van der Waals surface area contributed by atoms with Gasteiger partial charge in [-0.1, -0.05) is 30.3 Å². The summed E-state index contributed by atoms with van der Waals surface area (Å²) in [6, 6.07) is 19.8. The fourth-order valence-corrected chi connectivity index (χ4v) is 3.11. The van der Waals surface area contributed by atoms with E-state index in [0.717, 1.165) is 28.0 Å². The first-order chi connectivity index (χ1) is 13.8. The number of rotatable bonds is 7. The number of ether oxygens (including phenoxy) is 2. The number of benzene rings is 2. The lowest BCUT2D eigenvalue weighted by Gasteiger charge is -2.19. The molecule has 0 unspecified atom stereocenters. The molecule has 0 radical (unpaired) electrons. The van der Waals surface area contributed by atoms with Crippen LogP contribution < -0.4 is 10.1 Å². The molecule has 0 bridgehead atoms. The van der Waals surface area contributed by atoms with Gasteiger partial charge in [-0.2, -0.15) is 0 Å². The van der Waals surface area contributed by atoms with E-state index < -0.39 is 0 Å². The Morgan fingerprint density at radius 2 is 1.79 bits per heavy atom. The van der Waals surface area contributed by atoms with Gasteiger partial charge in [-0.25, -0.2) is 9.97 Å². The maximum atomic E-state index is 5.95. The highest BCUT2D eigenvalue weighted by molar-refractivity contribution is 5.89. The second-order valence-electron chi connectivity index (χ2n) is 6.34. The Kier molecular flexibility index (Phi) is 5.21. The molecule has 2 heterocycles. The van der Waals surface area contributed by atoms with Crippen LogP contribution in [0.25, 0.3) is 22.4 Å². The zero-order valence-corrected chi connectivity index (χ0v) is 15.8. The summed E-state index contributed by atoms with van der Waals surface area (Å²) >= 11 is 0. The predicted octanol–water partition coefficient (Wildman–Crippen LogP) is 4.70. The van der Waals surface area contributed by atoms with Crippen molar-refractivity contribution >= 4 is 16.9 Å². The summed E-state index contributed by atoms with van der Waals surface area (Å²) in [6.45, 7) is 0.513. The number of fused-ring (bicyclic) bond motifs is 1. The number of hydrogen-bond acceptors (Lipinski definition) is 6. The summed E-state index contributed by atoms with van der Waals surface area (Å²) in [5, 5.41) is 4.29. The molecule has 0 aliphatic heterocycles. The molecule has 0 saturated carbocycles.